The topological polar surface area (TPSA) is 107 Å². The predicted molar refractivity (Wildman–Crippen MR) is 125 cm³/mol. The molecule has 1 aliphatic heterocycles. The van der Waals surface area contributed by atoms with E-state index in [9.17, 15) is 19.8 Å². The number of carbonyl (C=O) groups is 2. The van der Waals surface area contributed by atoms with E-state index in [1.807, 2.05) is 53.3 Å². The van der Waals surface area contributed by atoms with E-state index in [-0.39, 0.29) is 13.2 Å². The molecule has 5 rings (SSSR count). The van der Waals surface area contributed by atoms with Crippen LogP contribution in [-0.4, -0.2) is 50.5 Å². The third-order valence-corrected chi connectivity index (χ3v) is 6.49. The summed E-state index contributed by atoms with van der Waals surface area (Å²) >= 11 is 1.58. The average Bonchev–Trinajstić information content (AvgIpc) is 3.46. The van der Waals surface area contributed by atoms with Gasteiger partial charge in [-0.3, -0.25) is 14.9 Å². The molecule has 2 amide bonds. The van der Waals surface area contributed by atoms with Crippen molar-refractivity contribution in [2.24, 2.45) is 0 Å². The average molecular weight is 448 g/mol. The molecule has 2 aromatic heterocycles. The summed E-state index contributed by atoms with van der Waals surface area (Å²) in [6.45, 7) is -0.213. The van der Waals surface area contributed by atoms with Gasteiger partial charge in [0.25, 0.3) is 11.8 Å². The smallest absolute Gasteiger partial charge is 0.259 e. The molecular weight excluding hydrogens is 426 g/mol. The van der Waals surface area contributed by atoms with Crippen molar-refractivity contribution in [2.75, 3.05) is 12.9 Å². The minimum Gasteiger partial charge on any atom is -0.394 e. The lowest BCUT2D eigenvalue weighted by Crippen LogP contribution is -2.22. The molecule has 1 atom stereocenters. The molecule has 162 valence electrons. The number of hydrogen-bond acceptors (Lipinski definition) is 5. The quantitative estimate of drug-likeness (QED) is 0.269. The van der Waals surface area contributed by atoms with Gasteiger partial charge in [-0.15, -0.1) is 11.8 Å². The fourth-order valence-corrected chi connectivity index (χ4v) is 4.71. The van der Waals surface area contributed by atoms with Gasteiger partial charge >= 0.3 is 0 Å². The van der Waals surface area contributed by atoms with E-state index in [2.05, 4.69) is 10.3 Å². The van der Waals surface area contributed by atoms with Crippen LogP contribution in [0.15, 0.2) is 59.8 Å². The van der Waals surface area contributed by atoms with E-state index in [0.29, 0.717) is 22.3 Å². The van der Waals surface area contributed by atoms with Crippen molar-refractivity contribution in [2.45, 2.75) is 17.5 Å². The Balaban J connectivity index is 1.79. The second kappa shape index (κ2) is 7.98. The number of carbonyl (C=O) groups excluding carboxylic acids is 2. The second-order valence-electron chi connectivity index (χ2n) is 7.70. The molecule has 0 fully saturated rings. The van der Waals surface area contributed by atoms with Crippen LogP contribution < -0.4 is 5.32 Å². The molecule has 4 aromatic rings. The van der Waals surface area contributed by atoms with E-state index < -0.39 is 17.9 Å². The van der Waals surface area contributed by atoms with Crippen LogP contribution in [0.1, 0.15) is 11.1 Å². The molecule has 0 aliphatic carbocycles. The number of aliphatic hydroxyl groups is 2. The van der Waals surface area contributed by atoms with Gasteiger partial charge in [0.05, 0.1) is 30.4 Å². The fraction of sp³-hybridized carbons (Fsp3) is 0.167. The van der Waals surface area contributed by atoms with Crippen LogP contribution in [0.25, 0.3) is 33.0 Å². The number of aromatic nitrogens is 2. The minimum absolute atomic E-state index is 0.163. The number of fused-ring (bicyclic) bond motifs is 2. The lowest BCUT2D eigenvalue weighted by atomic mass is 9.95. The Labute approximate surface area is 187 Å². The molecule has 0 saturated heterocycles. The zero-order valence-electron chi connectivity index (χ0n) is 17.3. The summed E-state index contributed by atoms with van der Waals surface area (Å²) in [6, 6.07) is 13.5. The highest BCUT2D eigenvalue weighted by atomic mass is 32.2. The van der Waals surface area contributed by atoms with Gasteiger partial charge in [-0.1, -0.05) is 24.3 Å². The van der Waals surface area contributed by atoms with Gasteiger partial charge in [0.2, 0.25) is 0 Å². The first-order valence-electron chi connectivity index (χ1n) is 10.1. The number of amides is 2. The fourth-order valence-electron chi connectivity index (χ4n) is 4.28. The van der Waals surface area contributed by atoms with Crippen LogP contribution in [-0.2, 0) is 16.1 Å². The minimum atomic E-state index is -0.947. The molecule has 2 aromatic carbocycles. The molecule has 0 bridgehead atoms. The lowest BCUT2D eigenvalue weighted by Gasteiger charge is -2.10. The first kappa shape index (κ1) is 20.6. The highest BCUT2D eigenvalue weighted by molar-refractivity contribution is 7.98. The molecule has 7 nitrogen and oxygen atoms in total. The molecule has 1 unspecified atom stereocenters. The number of hydrogen-bond donors (Lipinski definition) is 4. The molecule has 0 radical (unpaired) electrons. The summed E-state index contributed by atoms with van der Waals surface area (Å²) < 4.78 is 1.82. The Morgan fingerprint density at radius 1 is 1.03 bits per heavy atom. The summed E-state index contributed by atoms with van der Waals surface area (Å²) in [7, 11) is 0. The number of H-pyrrole nitrogens is 1. The van der Waals surface area contributed by atoms with Gasteiger partial charge in [-0.05, 0) is 24.5 Å². The van der Waals surface area contributed by atoms with Gasteiger partial charge < -0.3 is 19.8 Å². The number of rotatable bonds is 6. The van der Waals surface area contributed by atoms with Gasteiger partial charge in [0.15, 0.2) is 0 Å². The lowest BCUT2D eigenvalue weighted by molar-refractivity contribution is -0.122. The van der Waals surface area contributed by atoms with Crippen molar-refractivity contribution in [3.8, 4) is 0 Å². The van der Waals surface area contributed by atoms with Gasteiger partial charge in [0, 0.05) is 50.2 Å². The Bertz CT molecular complexity index is 1420. The molecule has 1 aliphatic rings. The number of thioether (sulfide) groups is 1. The highest BCUT2D eigenvalue weighted by Gasteiger charge is 2.35. The number of aliphatic hydroxyl groups excluding tert-OH is 2. The Morgan fingerprint density at radius 3 is 2.53 bits per heavy atom. The Hall–Kier alpha value is -3.33. The van der Waals surface area contributed by atoms with E-state index in [0.717, 1.165) is 26.7 Å². The summed E-state index contributed by atoms with van der Waals surface area (Å²) in [5.41, 5.74) is 3.59. The van der Waals surface area contributed by atoms with Crippen molar-refractivity contribution < 1.29 is 19.8 Å². The molecule has 0 saturated carbocycles. The van der Waals surface area contributed by atoms with Crippen LogP contribution in [0.5, 0.6) is 0 Å². The first-order valence-corrected chi connectivity index (χ1v) is 11.4. The summed E-state index contributed by atoms with van der Waals surface area (Å²) in [5, 5.41) is 23.5. The Morgan fingerprint density at radius 2 is 1.78 bits per heavy atom. The van der Waals surface area contributed by atoms with Crippen LogP contribution >= 0.6 is 11.8 Å². The van der Waals surface area contributed by atoms with Gasteiger partial charge in [0.1, 0.15) is 0 Å². The van der Waals surface area contributed by atoms with Crippen molar-refractivity contribution in [1.82, 2.24) is 14.9 Å². The van der Waals surface area contributed by atoms with Gasteiger partial charge in [-0.2, -0.15) is 0 Å². The van der Waals surface area contributed by atoms with Crippen LogP contribution in [0, 0.1) is 0 Å². The molecule has 3 heterocycles. The molecular formula is C24H21N3O4S. The number of nitrogens with one attached hydrogen (secondary N) is 2. The van der Waals surface area contributed by atoms with Gasteiger partial charge in [-0.25, -0.2) is 0 Å². The zero-order chi connectivity index (χ0) is 22.4. The maximum Gasteiger partial charge on any atom is 0.259 e. The first-order chi connectivity index (χ1) is 15.5. The summed E-state index contributed by atoms with van der Waals surface area (Å²) in [5.74, 6) is -0.891. The van der Waals surface area contributed by atoms with Crippen molar-refractivity contribution in [1.29, 1.82) is 0 Å². The highest BCUT2D eigenvalue weighted by Crippen LogP contribution is 2.39. The standard InChI is InChI=1S/C24H21N3O4S/c1-32-14-6-7-16-18(11-27(20(16)8-14)10-13(29)12-28)22-21(23(30)26-24(22)31)17-9-25-19-5-3-2-4-15(17)19/h2-9,11,13,25,28-29H,10,12H2,1H3,(H,26,30,31). The second-order valence-corrected chi connectivity index (χ2v) is 8.58. The van der Waals surface area contributed by atoms with E-state index in [1.54, 1.807) is 24.2 Å². The van der Waals surface area contributed by atoms with Crippen molar-refractivity contribution >= 4 is 56.5 Å². The summed E-state index contributed by atoms with van der Waals surface area (Å²) in [4.78, 5) is 30.1. The number of aromatic amines is 1. The van der Waals surface area contributed by atoms with Crippen LogP contribution in [0.4, 0.5) is 0 Å². The number of para-hydroxylation sites is 1. The van der Waals surface area contributed by atoms with Crippen molar-refractivity contribution in [3.05, 3.63) is 66.0 Å². The van der Waals surface area contributed by atoms with Crippen LogP contribution in [0.2, 0.25) is 0 Å². The zero-order valence-corrected chi connectivity index (χ0v) is 18.1. The van der Waals surface area contributed by atoms with E-state index in [4.69, 9.17) is 0 Å². The maximum absolute atomic E-state index is 13.0. The van der Waals surface area contributed by atoms with E-state index >= 15 is 0 Å². The third-order valence-electron chi connectivity index (χ3n) is 5.77. The predicted octanol–water partition coefficient (Wildman–Crippen LogP) is 2.76. The summed E-state index contributed by atoms with van der Waals surface area (Å²) in [6.07, 6.45) is 4.55. The Kier molecular flexibility index (Phi) is 5.13. The molecule has 4 N–H and O–H groups in total. The van der Waals surface area contributed by atoms with E-state index in [1.165, 1.54) is 0 Å². The largest absolute Gasteiger partial charge is 0.394 e. The SMILES string of the molecule is CSc1ccc2c(C3=C(c4c[nH]c5ccccc45)C(=O)NC3=O)cn(CC(O)CO)c2c1. The number of imide groups is 1. The normalized spacial score (nSPS) is 15.2. The number of benzene rings is 2. The monoisotopic (exact) mass is 447 g/mol. The molecule has 32 heavy (non-hydrogen) atoms. The van der Waals surface area contributed by atoms with Crippen molar-refractivity contribution in [3.63, 3.8) is 0 Å². The third kappa shape index (κ3) is 3.24. The number of nitrogens with zero attached hydrogens (tertiary/aromatic N) is 1. The maximum atomic E-state index is 13.0. The molecule has 0 spiro atoms. The van der Waals surface area contributed by atoms with Crippen LogP contribution in [0.3, 0.4) is 0 Å². The molecule has 8 heteroatoms.